The van der Waals surface area contributed by atoms with Crippen molar-refractivity contribution in [2.24, 2.45) is 0 Å². The molecule has 0 bridgehead atoms. The van der Waals surface area contributed by atoms with Crippen molar-refractivity contribution in [3.8, 4) is 0 Å². The number of carboxylic acid groups (broad SMARTS) is 1. The maximum Gasteiger partial charge on any atom is 0.326 e. The number of aliphatic hydroxyl groups excluding tert-OH is 1. The van der Waals surface area contributed by atoms with Crippen LogP contribution in [0.2, 0.25) is 0 Å². The summed E-state index contributed by atoms with van der Waals surface area (Å²) in [6.07, 6.45) is -1.65. The molecule has 0 fully saturated rings. The highest BCUT2D eigenvalue weighted by atomic mass is 16.4. The second-order valence-electron chi connectivity index (χ2n) is 7.76. The Kier molecular flexibility index (Phi) is 7.94. The van der Waals surface area contributed by atoms with E-state index in [-0.39, 0.29) is 6.42 Å². The number of hydrogen-bond donors (Lipinski definition) is 4. The van der Waals surface area contributed by atoms with Gasteiger partial charge in [0, 0.05) is 12.0 Å². The number of hydrogen-bond acceptors (Lipinski definition) is 4. The first-order chi connectivity index (χ1) is 15.8. The van der Waals surface area contributed by atoms with Crippen LogP contribution in [0, 0.1) is 6.92 Å². The lowest BCUT2D eigenvalue weighted by Gasteiger charge is -2.25. The van der Waals surface area contributed by atoms with Crippen LogP contribution in [-0.2, 0) is 16.0 Å². The summed E-state index contributed by atoms with van der Waals surface area (Å²) in [7, 11) is 0. The number of aryl methyl sites for hydroxylation is 1. The fourth-order valence-electron chi connectivity index (χ4n) is 3.39. The maximum atomic E-state index is 12.9. The van der Waals surface area contributed by atoms with Crippen LogP contribution in [0.5, 0.6) is 0 Å². The lowest BCUT2D eigenvalue weighted by Crippen LogP contribution is -2.50. The minimum absolute atomic E-state index is 0.0560. The predicted molar refractivity (Wildman–Crippen MR) is 124 cm³/mol. The highest BCUT2D eigenvalue weighted by Gasteiger charge is 2.32. The smallest absolute Gasteiger partial charge is 0.326 e. The lowest BCUT2D eigenvalue weighted by molar-refractivity contribution is -0.143. The quantitative estimate of drug-likeness (QED) is 0.403. The van der Waals surface area contributed by atoms with E-state index < -0.39 is 36.0 Å². The Morgan fingerprint density at radius 2 is 1.39 bits per heavy atom. The molecule has 170 valence electrons. The number of carbonyl (C=O) groups is 3. The molecule has 0 unspecified atom stereocenters. The number of benzene rings is 3. The summed E-state index contributed by atoms with van der Waals surface area (Å²) in [6.45, 7) is 1.92. The van der Waals surface area contributed by atoms with Crippen LogP contribution in [0.3, 0.4) is 0 Å². The average Bonchev–Trinajstić information content (AvgIpc) is 2.83. The van der Waals surface area contributed by atoms with Gasteiger partial charge in [0.05, 0.1) is 6.04 Å². The topological polar surface area (TPSA) is 116 Å². The number of rotatable bonds is 9. The van der Waals surface area contributed by atoms with Gasteiger partial charge in [-0.15, -0.1) is 0 Å². The third-order valence-electron chi connectivity index (χ3n) is 5.24. The van der Waals surface area contributed by atoms with Crippen LogP contribution >= 0.6 is 0 Å². The van der Waals surface area contributed by atoms with Crippen LogP contribution in [-0.4, -0.2) is 40.1 Å². The van der Waals surface area contributed by atoms with Crippen LogP contribution in [0.1, 0.15) is 33.1 Å². The monoisotopic (exact) mass is 446 g/mol. The molecule has 0 aliphatic rings. The first kappa shape index (κ1) is 23.7. The zero-order chi connectivity index (χ0) is 23.8. The normalized spacial score (nSPS) is 13.4. The minimum atomic E-state index is -1.71. The molecule has 0 radical (unpaired) electrons. The zero-order valence-electron chi connectivity index (χ0n) is 18.1. The number of aliphatic hydroxyl groups is 1. The van der Waals surface area contributed by atoms with Crippen molar-refractivity contribution in [1.82, 2.24) is 10.6 Å². The highest BCUT2D eigenvalue weighted by molar-refractivity contribution is 5.95. The third-order valence-corrected chi connectivity index (χ3v) is 5.24. The van der Waals surface area contributed by atoms with E-state index in [0.717, 1.165) is 11.1 Å². The second kappa shape index (κ2) is 11.1. The van der Waals surface area contributed by atoms with E-state index in [0.29, 0.717) is 11.1 Å². The second-order valence-corrected chi connectivity index (χ2v) is 7.76. The molecule has 7 nitrogen and oxygen atoms in total. The predicted octanol–water partition coefficient (Wildman–Crippen LogP) is 2.64. The van der Waals surface area contributed by atoms with Gasteiger partial charge in [0.2, 0.25) is 0 Å². The Morgan fingerprint density at radius 1 is 0.818 bits per heavy atom. The van der Waals surface area contributed by atoms with Crippen molar-refractivity contribution in [3.63, 3.8) is 0 Å². The van der Waals surface area contributed by atoms with E-state index in [1.54, 1.807) is 72.8 Å². The number of amides is 2. The van der Waals surface area contributed by atoms with E-state index >= 15 is 0 Å². The van der Waals surface area contributed by atoms with Gasteiger partial charge in [0.1, 0.15) is 6.04 Å². The Balaban J connectivity index is 1.78. The third kappa shape index (κ3) is 6.51. The number of nitrogens with one attached hydrogen (secondary N) is 2. The molecule has 4 N–H and O–H groups in total. The van der Waals surface area contributed by atoms with Crippen molar-refractivity contribution in [3.05, 3.63) is 107 Å². The first-order valence-corrected chi connectivity index (χ1v) is 10.5. The lowest BCUT2D eigenvalue weighted by atomic mass is 9.99. The van der Waals surface area contributed by atoms with Crippen molar-refractivity contribution in [2.45, 2.75) is 31.5 Å². The summed E-state index contributed by atoms with van der Waals surface area (Å²) >= 11 is 0. The molecular weight excluding hydrogens is 420 g/mol. The van der Waals surface area contributed by atoms with E-state index in [1.165, 1.54) is 0 Å². The largest absolute Gasteiger partial charge is 0.480 e. The van der Waals surface area contributed by atoms with Gasteiger partial charge in [-0.2, -0.15) is 0 Å². The number of carbonyl (C=O) groups excluding carboxylic acids is 2. The molecule has 0 spiro atoms. The molecular formula is C26H26N2O5. The molecule has 7 heteroatoms. The molecule has 3 atom stereocenters. The summed E-state index contributed by atoms with van der Waals surface area (Å²) in [6, 6.07) is 22.0. The van der Waals surface area contributed by atoms with Gasteiger partial charge in [-0.1, -0.05) is 78.4 Å². The van der Waals surface area contributed by atoms with Crippen LogP contribution in [0.15, 0.2) is 84.9 Å². The Bertz CT molecular complexity index is 1080. The van der Waals surface area contributed by atoms with Crippen LogP contribution in [0.25, 0.3) is 0 Å². The zero-order valence-corrected chi connectivity index (χ0v) is 18.1. The Morgan fingerprint density at radius 3 is 1.97 bits per heavy atom. The molecule has 3 aromatic carbocycles. The molecule has 0 saturated heterocycles. The van der Waals surface area contributed by atoms with Gasteiger partial charge in [-0.3, -0.25) is 9.59 Å². The fourth-order valence-corrected chi connectivity index (χ4v) is 3.39. The number of carboxylic acids is 1. The molecule has 3 rings (SSSR count). The van der Waals surface area contributed by atoms with Gasteiger partial charge in [0.15, 0.2) is 6.10 Å². The van der Waals surface area contributed by atoms with E-state index in [4.69, 9.17) is 0 Å². The highest BCUT2D eigenvalue weighted by Crippen LogP contribution is 2.19. The molecule has 0 aromatic heterocycles. The van der Waals surface area contributed by atoms with E-state index in [2.05, 4.69) is 10.6 Å². The Hall–Kier alpha value is -3.97. The average molecular weight is 447 g/mol. The molecule has 2 amide bonds. The molecule has 0 saturated carbocycles. The summed E-state index contributed by atoms with van der Waals surface area (Å²) in [5.41, 5.74) is 2.65. The van der Waals surface area contributed by atoms with Crippen molar-refractivity contribution in [1.29, 1.82) is 0 Å². The molecule has 3 aromatic rings. The van der Waals surface area contributed by atoms with Crippen molar-refractivity contribution in [2.75, 3.05) is 0 Å². The van der Waals surface area contributed by atoms with Gasteiger partial charge in [-0.25, -0.2) is 4.79 Å². The summed E-state index contributed by atoms with van der Waals surface area (Å²) < 4.78 is 0. The van der Waals surface area contributed by atoms with E-state index in [9.17, 15) is 24.6 Å². The SMILES string of the molecule is Cc1ccc(C[C@H](NC(=O)[C@H](O)[C@@H](NC(=O)c2ccccc2)c2ccccc2)C(=O)O)cc1. The first-order valence-electron chi connectivity index (χ1n) is 10.5. The summed E-state index contributed by atoms with van der Waals surface area (Å²) in [5.74, 6) is -2.58. The van der Waals surface area contributed by atoms with Crippen molar-refractivity contribution < 1.29 is 24.6 Å². The van der Waals surface area contributed by atoms with Gasteiger partial charge in [0.25, 0.3) is 11.8 Å². The summed E-state index contributed by atoms with van der Waals surface area (Å²) in [4.78, 5) is 37.3. The van der Waals surface area contributed by atoms with Gasteiger partial charge < -0.3 is 20.8 Å². The van der Waals surface area contributed by atoms with Crippen LogP contribution in [0.4, 0.5) is 0 Å². The minimum Gasteiger partial charge on any atom is -0.480 e. The molecule has 33 heavy (non-hydrogen) atoms. The fraction of sp³-hybridized carbons (Fsp3) is 0.192. The summed E-state index contributed by atoms with van der Waals surface area (Å²) in [5, 5.41) is 25.5. The Labute approximate surface area is 192 Å². The molecule has 0 aliphatic heterocycles. The van der Waals surface area contributed by atoms with Crippen molar-refractivity contribution >= 4 is 17.8 Å². The molecule has 0 heterocycles. The van der Waals surface area contributed by atoms with Gasteiger partial charge >= 0.3 is 5.97 Å². The van der Waals surface area contributed by atoms with Gasteiger partial charge in [-0.05, 0) is 30.2 Å². The number of aliphatic carboxylic acids is 1. The standard InChI is InChI=1S/C26H26N2O5/c1-17-12-14-18(15-13-17)16-21(26(32)33)27-25(31)23(29)22(19-8-4-2-5-9-19)28-24(30)20-10-6-3-7-11-20/h2-15,21-23,29H,16H2,1H3,(H,27,31)(H,28,30)(H,32,33)/t21-,22-,23+/m0/s1. The van der Waals surface area contributed by atoms with Crippen LogP contribution < -0.4 is 10.6 Å². The van der Waals surface area contributed by atoms with E-state index in [1.807, 2.05) is 19.1 Å². The maximum absolute atomic E-state index is 12.9. The molecule has 0 aliphatic carbocycles.